The Morgan fingerprint density at radius 3 is 2.88 bits per heavy atom. The van der Waals surface area contributed by atoms with Gasteiger partial charge >= 0.3 is 0 Å². The highest BCUT2D eigenvalue weighted by molar-refractivity contribution is 5.81. The van der Waals surface area contributed by atoms with Crippen LogP contribution in [0.4, 0.5) is 5.82 Å². The molecule has 5 nitrogen and oxygen atoms in total. The molecule has 0 aliphatic rings. The van der Waals surface area contributed by atoms with Crippen LogP contribution < -0.4 is 4.74 Å². The molecule has 0 atom stereocenters. The van der Waals surface area contributed by atoms with Crippen molar-refractivity contribution in [1.29, 1.82) is 0 Å². The molecular weight excluding hydrogens is 204 g/mol. The van der Waals surface area contributed by atoms with Crippen molar-refractivity contribution in [3.05, 3.63) is 42.5 Å². The van der Waals surface area contributed by atoms with Gasteiger partial charge in [-0.1, -0.05) is 6.07 Å². The first-order valence-electron chi connectivity index (χ1n) is 4.69. The van der Waals surface area contributed by atoms with E-state index in [2.05, 4.69) is 19.9 Å². The second-order valence-corrected chi connectivity index (χ2v) is 2.93. The highest BCUT2D eigenvalue weighted by Gasteiger charge is 2.01. The van der Waals surface area contributed by atoms with Crippen LogP contribution in [0.1, 0.15) is 5.56 Å². The van der Waals surface area contributed by atoms with Crippen molar-refractivity contribution in [3.8, 4) is 5.88 Å². The van der Waals surface area contributed by atoms with Crippen LogP contribution in [0.3, 0.4) is 0 Å². The van der Waals surface area contributed by atoms with E-state index in [1.807, 2.05) is 12.1 Å². The lowest BCUT2D eigenvalue weighted by molar-refractivity contribution is 0.397. The van der Waals surface area contributed by atoms with Gasteiger partial charge in [0, 0.05) is 36.6 Å². The Kier molecular flexibility index (Phi) is 3.18. The molecule has 0 aliphatic carbocycles. The van der Waals surface area contributed by atoms with Crippen LogP contribution in [0.2, 0.25) is 0 Å². The molecule has 0 spiro atoms. The average Bonchev–Trinajstić information content (AvgIpc) is 2.38. The SMILES string of the molecule is COc1nccnc1N=Cc1cccnc1. The summed E-state index contributed by atoms with van der Waals surface area (Å²) < 4.78 is 5.03. The third-order valence-electron chi connectivity index (χ3n) is 1.86. The highest BCUT2D eigenvalue weighted by Crippen LogP contribution is 2.19. The largest absolute Gasteiger partial charge is 0.478 e. The Balaban J connectivity index is 2.24. The number of rotatable bonds is 3. The van der Waals surface area contributed by atoms with E-state index in [1.165, 1.54) is 7.11 Å². The zero-order chi connectivity index (χ0) is 11.2. The maximum atomic E-state index is 5.03. The van der Waals surface area contributed by atoms with Crippen molar-refractivity contribution in [1.82, 2.24) is 15.0 Å². The van der Waals surface area contributed by atoms with Gasteiger partial charge in [-0.05, 0) is 6.07 Å². The topological polar surface area (TPSA) is 60.3 Å². The quantitative estimate of drug-likeness (QED) is 0.728. The van der Waals surface area contributed by atoms with Gasteiger partial charge in [-0.3, -0.25) is 4.98 Å². The van der Waals surface area contributed by atoms with E-state index in [9.17, 15) is 0 Å². The third kappa shape index (κ3) is 2.38. The highest BCUT2D eigenvalue weighted by atomic mass is 16.5. The normalized spacial score (nSPS) is 10.6. The summed E-state index contributed by atoms with van der Waals surface area (Å²) in [4.78, 5) is 16.2. The molecule has 0 saturated heterocycles. The van der Waals surface area contributed by atoms with Crippen LogP contribution in [0.5, 0.6) is 5.88 Å². The molecule has 2 aromatic rings. The van der Waals surface area contributed by atoms with Gasteiger partial charge in [-0.15, -0.1) is 0 Å². The van der Waals surface area contributed by atoms with E-state index in [4.69, 9.17) is 4.74 Å². The first-order valence-corrected chi connectivity index (χ1v) is 4.69. The number of ether oxygens (including phenoxy) is 1. The van der Waals surface area contributed by atoms with E-state index in [0.29, 0.717) is 11.7 Å². The molecule has 0 fully saturated rings. The summed E-state index contributed by atoms with van der Waals surface area (Å²) in [6.07, 6.45) is 8.21. The first-order chi connectivity index (χ1) is 7.90. The zero-order valence-electron chi connectivity index (χ0n) is 8.74. The summed E-state index contributed by atoms with van der Waals surface area (Å²) in [5, 5.41) is 0. The molecule has 2 aromatic heterocycles. The molecule has 0 aliphatic heterocycles. The predicted molar refractivity (Wildman–Crippen MR) is 60.1 cm³/mol. The van der Waals surface area contributed by atoms with Crippen LogP contribution in [-0.2, 0) is 0 Å². The van der Waals surface area contributed by atoms with Crippen LogP contribution in [0, 0.1) is 0 Å². The number of methoxy groups -OCH3 is 1. The molecule has 0 amide bonds. The predicted octanol–water partition coefficient (Wildman–Crippen LogP) is 1.63. The minimum absolute atomic E-state index is 0.405. The second-order valence-electron chi connectivity index (χ2n) is 2.93. The molecule has 5 heteroatoms. The molecular formula is C11H10N4O. The number of pyridine rings is 1. The second kappa shape index (κ2) is 4.97. The van der Waals surface area contributed by atoms with Gasteiger partial charge in [0.05, 0.1) is 7.11 Å². The summed E-state index contributed by atoms with van der Waals surface area (Å²) >= 11 is 0. The number of aliphatic imine (C=N–C) groups is 1. The molecule has 0 unspecified atom stereocenters. The molecule has 2 rings (SSSR count). The number of hydrogen-bond donors (Lipinski definition) is 0. The summed E-state index contributed by atoms with van der Waals surface area (Å²) in [5.74, 6) is 0.858. The Labute approximate surface area is 92.9 Å². The van der Waals surface area contributed by atoms with E-state index in [1.54, 1.807) is 31.0 Å². The lowest BCUT2D eigenvalue weighted by Crippen LogP contribution is -1.90. The molecule has 2 heterocycles. The van der Waals surface area contributed by atoms with Crippen molar-refractivity contribution in [2.24, 2.45) is 4.99 Å². The summed E-state index contributed by atoms with van der Waals surface area (Å²) in [5.41, 5.74) is 0.898. The summed E-state index contributed by atoms with van der Waals surface area (Å²) in [6, 6.07) is 3.74. The van der Waals surface area contributed by atoms with E-state index >= 15 is 0 Å². The summed E-state index contributed by atoms with van der Waals surface area (Å²) in [6.45, 7) is 0. The van der Waals surface area contributed by atoms with E-state index in [0.717, 1.165) is 5.56 Å². The first kappa shape index (κ1) is 10.2. The minimum Gasteiger partial charge on any atom is -0.478 e. The summed E-state index contributed by atoms with van der Waals surface area (Å²) in [7, 11) is 1.53. The molecule has 80 valence electrons. The Morgan fingerprint density at radius 2 is 2.12 bits per heavy atom. The van der Waals surface area contributed by atoms with Crippen LogP contribution in [-0.4, -0.2) is 28.3 Å². The van der Waals surface area contributed by atoms with Crippen molar-refractivity contribution in [3.63, 3.8) is 0 Å². The van der Waals surface area contributed by atoms with E-state index < -0.39 is 0 Å². The lowest BCUT2D eigenvalue weighted by Gasteiger charge is -1.99. The van der Waals surface area contributed by atoms with Crippen molar-refractivity contribution >= 4 is 12.0 Å². The van der Waals surface area contributed by atoms with Crippen LogP contribution in [0.15, 0.2) is 41.9 Å². The zero-order valence-corrected chi connectivity index (χ0v) is 8.74. The third-order valence-corrected chi connectivity index (χ3v) is 1.86. The van der Waals surface area contributed by atoms with Crippen LogP contribution >= 0.6 is 0 Å². The van der Waals surface area contributed by atoms with Gasteiger partial charge in [-0.25, -0.2) is 15.0 Å². The Morgan fingerprint density at radius 1 is 1.25 bits per heavy atom. The fourth-order valence-corrected chi connectivity index (χ4v) is 1.14. The van der Waals surface area contributed by atoms with Crippen molar-refractivity contribution < 1.29 is 4.74 Å². The van der Waals surface area contributed by atoms with Crippen molar-refractivity contribution in [2.45, 2.75) is 0 Å². The standard InChI is InChI=1S/C11H10N4O/c1-16-11-10(13-5-6-14-11)15-8-9-3-2-4-12-7-9/h2-8H,1H3. The lowest BCUT2D eigenvalue weighted by atomic mass is 10.3. The average molecular weight is 214 g/mol. The molecule has 0 radical (unpaired) electrons. The number of aromatic nitrogens is 3. The molecule has 0 saturated carbocycles. The Hall–Kier alpha value is -2.30. The van der Waals surface area contributed by atoms with Gasteiger partial charge in [0.2, 0.25) is 5.82 Å². The van der Waals surface area contributed by atoms with E-state index in [-0.39, 0.29) is 0 Å². The van der Waals surface area contributed by atoms with Crippen LogP contribution in [0.25, 0.3) is 0 Å². The molecule has 0 N–H and O–H groups in total. The van der Waals surface area contributed by atoms with Gasteiger partial charge in [0.25, 0.3) is 5.88 Å². The molecule has 16 heavy (non-hydrogen) atoms. The minimum atomic E-state index is 0.405. The van der Waals surface area contributed by atoms with Gasteiger partial charge < -0.3 is 4.74 Å². The maximum absolute atomic E-state index is 5.03. The van der Waals surface area contributed by atoms with Gasteiger partial charge in [0.15, 0.2) is 0 Å². The number of hydrogen-bond acceptors (Lipinski definition) is 5. The van der Waals surface area contributed by atoms with Gasteiger partial charge in [-0.2, -0.15) is 0 Å². The van der Waals surface area contributed by atoms with Gasteiger partial charge in [0.1, 0.15) is 0 Å². The number of nitrogens with zero attached hydrogens (tertiary/aromatic N) is 4. The fourth-order valence-electron chi connectivity index (χ4n) is 1.14. The Bertz CT molecular complexity index is 484. The monoisotopic (exact) mass is 214 g/mol. The van der Waals surface area contributed by atoms with Crippen molar-refractivity contribution in [2.75, 3.05) is 7.11 Å². The fraction of sp³-hybridized carbons (Fsp3) is 0.0909. The maximum Gasteiger partial charge on any atom is 0.259 e. The molecule has 0 bridgehead atoms. The molecule has 0 aromatic carbocycles. The smallest absolute Gasteiger partial charge is 0.259 e.